The molecule has 4 nitrogen and oxygen atoms in total. The van der Waals surface area contributed by atoms with Crippen LogP contribution in [0.3, 0.4) is 0 Å². The molecule has 1 rings (SSSR count). The number of carbonyl (C=O) groups is 1. The Morgan fingerprint density at radius 3 is 2.71 bits per heavy atom. The molecule has 0 unspecified atom stereocenters. The maximum Gasteiger partial charge on any atom is 0.253 e. The number of rotatable bonds is 2. The minimum absolute atomic E-state index is 0.141. The number of halogens is 1. The maximum absolute atomic E-state index is 11.1. The normalized spacial score (nSPS) is 9.21. The van der Waals surface area contributed by atoms with E-state index in [4.69, 9.17) is 15.7 Å². The molecule has 0 heterocycles. The molecule has 1 aromatic carbocycles. The first kappa shape index (κ1) is 10.8. The molecule has 0 aliphatic rings. The Balaban J connectivity index is 3.54. The average Bonchev–Trinajstić information content (AvgIpc) is 2.17. The lowest BCUT2D eigenvalue weighted by atomic mass is 10.1. The lowest BCUT2D eigenvalue weighted by Gasteiger charge is -2.08. The third kappa shape index (κ3) is 1.80. The Morgan fingerprint density at radius 2 is 2.29 bits per heavy atom. The molecule has 0 aromatic heterocycles. The molecule has 0 atom stereocenters. The van der Waals surface area contributed by atoms with Gasteiger partial charge in [-0.15, -0.1) is 0 Å². The molecule has 0 aliphatic carbocycles. The van der Waals surface area contributed by atoms with Crippen LogP contribution in [-0.2, 0) is 0 Å². The summed E-state index contributed by atoms with van der Waals surface area (Å²) < 4.78 is 5.77. The number of primary amides is 1. The van der Waals surface area contributed by atoms with E-state index in [2.05, 4.69) is 0 Å². The molecule has 72 valence electrons. The second-order valence-electron chi connectivity index (χ2n) is 2.48. The molecule has 2 N–H and O–H groups in total. The molecule has 0 radical (unpaired) electrons. The van der Waals surface area contributed by atoms with Crippen molar-refractivity contribution in [1.82, 2.24) is 0 Å². The van der Waals surface area contributed by atoms with Crippen molar-refractivity contribution < 1.29 is 9.53 Å². The molecular weight excluding hydrogens is 295 g/mol. The van der Waals surface area contributed by atoms with Crippen LogP contribution in [0.25, 0.3) is 0 Å². The topological polar surface area (TPSA) is 76.1 Å². The van der Waals surface area contributed by atoms with Gasteiger partial charge < -0.3 is 10.5 Å². The van der Waals surface area contributed by atoms with Crippen molar-refractivity contribution in [2.75, 3.05) is 7.11 Å². The van der Waals surface area contributed by atoms with Crippen molar-refractivity contribution >= 4 is 28.5 Å². The van der Waals surface area contributed by atoms with Crippen LogP contribution in [0.4, 0.5) is 0 Å². The number of carbonyl (C=O) groups excluding carboxylic acids is 1. The second-order valence-corrected chi connectivity index (χ2v) is 3.64. The highest BCUT2D eigenvalue weighted by Crippen LogP contribution is 2.27. The van der Waals surface area contributed by atoms with Crippen molar-refractivity contribution in [3.8, 4) is 11.8 Å². The monoisotopic (exact) mass is 302 g/mol. The van der Waals surface area contributed by atoms with Gasteiger partial charge in [0.15, 0.2) is 0 Å². The van der Waals surface area contributed by atoms with E-state index in [0.717, 1.165) is 3.57 Å². The Kier molecular flexibility index (Phi) is 3.30. The number of nitrogens with zero attached hydrogens (tertiary/aromatic N) is 1. The van der Waals surface area contributed by atoms with E-state index in [1.54, 1.807) is 12.1 Å². The number of nitrogens with two attached hydrogens (primary N) is 1. The predicted octanol–water partition coefficient (Wildman–Crippen LogP) is 1.27. The molecule has 14 heavy (non-hydrogen) atoms. The third-order valence-electron chi connectivity index (χ3n) is 1.68. The number of hydrogen-bond acceptors (Lipinski definition) is 3. The van der Waals surface area contributed by atoms with Crippen LogP contribution in [0.2, 0.25) is 0 Å². The molecule has 1 aromatic rings. The fourth-order valence-corrected chi connectivity index (χ4v) is 1.76. The quantitative estimate of drug-likeness (QED) is 0.836. The third-order valence-corrected chi connectivity index (χ3v) is 2.53. The van der Waals surface area contributed by atoms with E-state index in [1.165, 1.54) is 7.11 Å². The molecule has 0 spiro atoms. The van der Waals surface area contributed by atoms with Crippen LogP contribution in [0.15, 0.2) is 12.1 Å². The Hall–Kier alpha value is -1.29. The standard InChI is InChI=1S/C9H7IN2O2/c1-14-8-6(10)3-2-5(4-11)7(8)9(12)13/h2-3H,1H3,(H2,12,13). The van der Waals surface area contributed by atoms with E-state index in [9.17, 15) is 4.79 Å². The van der Waals surface area contributed by atoms with Crippen molar-refractivity contribution in [3.63, 3.8) is 0 Å². The fraction of sp³-hybridized carbons (Fsp3) is 0.111. The van der Waals surface area contributed by atoms with E-state index in [1.807, 2.05) is 28.7 Å². The van der Waals surface area contributed by atoms with Gasteiger partial charge >= 0.3 is 0 Å². The molecule has 0 saturated heterocycles. The largest absolute Gasteiger partial charge is 0.495 e. The number of hydrogen-bond donors (Lipinski definition) is 1. The summed E-state index contributed by atoms with van der Waals surface area (Å²) in [4.78, 5) is 11.1. The minimum atomic E-state index is -0.656. The summed E-state index contributed by atoms with van der Waals surface area (Å²) in [5.74, 6) is -0.297. The SMILES string of the molecule is COc1c(I)ccc(C#N)c1C(N)=O. The van der Waals surface area contributed by atoms with Gasteiger partial charge in [0.25, 0.3) is 5.91 Å². The van der Waals surface area contributed by atoms with E-state index < -0.39 is 5.91 Å². The summed E-state index contributed by atoms with van der Waals surface area (Å²) in [7, 11) is 1.44. The zero-order valence-corrected chi connectivity index (χ0v) is 9.53. The molecule has 0 fully saturated rings. The highest BCUT2D eigenvalue weighted by molar-refractivity contribution is 14.1. The first-order valence-electron chi connectivity index (χ1n) is 3.68. The minimum Gasteiger partial charge on any atom is -0.495 e. The van der Waals surface area contributed by atoms with Gasteiger partial charge in [0, 0.05) is 0 Å². The van der Waals surface area contributed by atoms with Crippen LogP contribution in [0.1, 0.15) is 15.9 Å². The molecule has 5 heteroatoms. The van der Waals surface area contributed by atoms with E-state index in [-0.39, 0.29) is 11.1 Å². The Bertz CT molecular complexity index is 424. The van der Waals surface area contributed by atoms with Crippen LogP contribution >= 0.6 is 22.6 Å². The number of nitriles is 1. The van der Waals surface area contributed by atoms with Gasteiger partial charge in [0.1, 0.15) is 11.8 Å². The first-order chi connectivity index (χ1) is 6.61. The Labute approximate surface area is 94.8 Å². The van der Waals surface area contributed by atoms with Gasteiger partial charge in [0.05, 0.1) is 21.8 Å². The lowest BCUT2D eigenvalue weighted by Crippen LogP contribution is -2.15. The molecule has 0 saturated carbocycles. The molecule has 1 amide bonds. The van der Waals surface area contributed by atoms with Gasteiger partial charge in [0.2, 0.25) is 0 Å². The zero-order chi connectivity index (χ0) is 10.7. The summed E-state index contributed by atoms with van der Waals surface area (Å²) in [6.45, 7) is 0. The molecular formula is C9H7IN2O2. The highest BCUT2D eigenvalue weighted by Gasteiger charge is 2.17. The first-order valence-corrected chi connectivity index (χ1v) is 4.76. The van der Waals surface area contributed by atoms with Crippen LogP contribution in [-0.4, -0.2) is 13.0 Å². The van der Waals surface area contributed by atoms with Crippen molar-refractivity contribution in [3.05, 3.63) is 26.8 Å². The summed E-state index contributed by atoms with van der Waals surface area (Å²) in [5, 5.41) is 8.76. The zero-order valence-electron chi connectivity index (χ0n) is 7.37. The summed E-state index contributed by atoms with van der Waals surface area (Å²) in [6.07, 6.45) is 0. The van der Waals surface area contributed by atoms with Gasteiger partial charge in [-0.3, -0.25) is 4.79 Å². The number of amides is 1. The smallest absolute Gasteiger partial charge is 0.253 e. The van der Waals surface area contributed by atoms with Crippen LogP contribution < -0.4 is 10.5 Å². The second kappa shape index (κ2) is 4.28. The van der Waals surface area contributed by atoms with Gasteiger partial charge in [-0.2, -0.15) is 5.26 Å². The molecule has 0 bridgehead atoms. The summed E-state index contributed by atoms with van der Waals surface area (Å²) >= 11 is 2.01. The van der Waals surface area contributed by atoms with E-state index in [0.29, 0.717) is 5.75 Å². The highest BCUT2D eigenvalue weighted by atomic mass is 127. The van der Waals surface area contributed by atoms with Crippen molar-refractivity contribution in [2.24, 2.45) is 5.73 Å². The number of methoxy groups -OCH3 is 1. The summed E-state index contributed by atoms with van der Waals surface area (Å²) in [5.41, 5.74) is 5.53. The fourth-order valence-electron chi connectivity index (χ4n) is 1.09. The number of ether oxygens (including phenoxy) is 1. The predicted molar refractivity (Wildman–Crippen MR) is 58.9 cm³/mol. The van der Waals surface area contributed by atoms with Crippen LogP contribution in [0, 0.1) is 14.9 Å². The van der Waals surface area contributed by atoms with Crippen molar-refractivity contribution in [1.29, 1.82) is 5.26 Å². The van der Waals surface area contributed by atoms with Crippen molar-refractivity contribution in [2.45, 2.75) is 0 Å². The van der Waals surface area contributed by atoms with Crippen LogP contribution in [0.5, 0.6) is 5.75 Å². The maximum atomic E-state index is 11.1. The molecule has 0 aliphatic heterocycles. The van der Waals surface area contributed by atoms with E-state index >= 15 is 0 Å². The summed E-state index contributed by atoms with van der Waals surface area (Å²) in [6, 6.07) is 5.14. The Morgan fingerprint density at radius 1 is 1.64 bits per heavy atom. The average molecular weight is 302 g/mol. The van der Waals surface area contributed by atoms with Gasteiger partial charge in [-0.1, -0.05) is 0 Å². The van der Waals surface area contributed by atoms with Gasteiger partial charge in [-0.25, -0.2) is 0 Å². The van der Waals surface area contributed by atoms with Gasteiger partial charge in [-0.05, 0) is 34.7 Å². The lowest BCUT2D eigenvalue weighted by molar-refractivity contribution is 0.0997. The number of benzene rings is 1.